The molecular weight excluding hydrogens is 865 g/mol. The summed E-state index contributed by atoms with van der Waals surface area (Å²) < 4.78 is 16.9. The highest BCUT2D eigenvalue weighted by Crippen LogP contribution is 2.19. The normalized spacial score (nSPS) is 12.3. The molecule has 70 heavy (non-hydrogen) atoms. The summed E-state index contributed by atoms with van der Waals surface area (Å²) in [5.74, 6) is 0.0799. The quantitative estimate of drug-likeness (QED) is 0.0343. The third-order valence-electron chi connectivity index (χ3n) is 15.2. The maximum Gasteiger partial charge on any atom is 0.306 e. The molecule has 2 atom stereocenters. The largest absolute Gasteiger partial charge is 0.462 e. The van der Waals surface area contributed by atoms with Crippen LogP contribution in [-0.2, 0) is 28.6 Å². The summed E-state index contributed by atoms with van der Waals surface area (Å²) in [6, 6.07) is 0. The summed E-state index contributed by atoms with van der Waals surface area (Å²) in [5, 5.41) is 0. The molecule has 0 spiro atoms. The van der Waals surface area contributed by atoms with Gasteiger partial charge >= 0.3 is 17.9 Å². The lowest BCUT2D eigenvalue weighted by molar-refractivity contribution is -0.167. The van der Waals surface area contributed by atoms with E-state index in [4.69, 9.17) is 14.2 Å². The van der Waals surface area contributed by atoms with E-state index in [1.807, 2.05) is 0 Å². The fourth-order valence-electron chi connectivity index (χ4n) is 9.95. The Morgan fingerprint density at radius 2 is 0.500 bits per heavy atom. The van der Waals surface area contributed by atoms with Gasteiger partial charge in [-0.2, -0.15) is 0 Å². The van der Waals surface area contributed by atoms with E-state index < -0.39 is 6.10 Å². The second kappa shape index (κ2) is 58.3. The zero-order valence-corrected chi connectivity index (χ0v) is 48.0. The van der Waals surface area contributed by atoms with Crippen molar-refractivity contribution in [2.24, 2.45) is 5.92 Å². The second-order valence-electron chi connectivity index (χ2n) is 22.3. The van der Waals surface area contributed by atoms with Crippen LogP contribution in [0.4, 0.5) is 0 Å². The fourth-order valence-corrected chi connectivity index (χ4v) is 9.95. The molecule has 0 aromatic heterocycles. The minimum Gasteiger partial charge on any atom is -0.462 e. The molecule has 0 fully saturated rings. The lowest BCUT2D eigenvalue weighted by Gasteiger charge is -2.18. The standard InChI is InChI=1S/C64H124O6/c1-5-8-10-12-14-16-18-19-20-21-22-26-29-32-36-39-43-47-51-55-62(65)68-58-61(70-64(67)57-53-49-45-41-34-17-15-13-11-9-6-2)59-69-63(66)56-52-48-44-40-37-33-30-27-24-23-25-28-31-35-38-42-46-50-54-60(4)7-3/h60-61H,5-59H2,1-4H3/t60?,61-/m1/s1. The Kier molecular flexibility index (Phi) is 57.0. The van der Waals surface area contributed by atoms with Gasteiger partial charge in [-0.3, -0.25) is 14.4 Å². The van der Waals surface area contributed by atoms with Crippen molar-refractivity contribution >= 4 is 17.9 Å². The van der Waals surface area contributed by atoms with Gasteiger partial charge in [0, 0.05) is 19.3 Å². The SMILES string of the molecule is CCCCCCCCCCCCCCCCCCCCCC(=O)OC[C@H](COC(=O)CCCCCCCCCCCCCCCCCCCCC(C)CC)OC(=O)CCCCCCCCCCCCC. The van der Waals surface area contributed by atoms with Crippen LogP contribution < -0.4 is 0 Å². The predicted molar refractivity (Wildman–Crippen MR) is 303 cm³/mol. The first kappa shape index (κ1) is 68.4. The van der Waals surface area contributed by atoms with Crippen molar-refractivity contribution in [1.29, 1.82) is 0 Å². The Labute approximate surface area is 438 Å². The van der Waals surface area contributed by atoms with E-state index in [2.05, 4.69) is 27.7 Å². The van der Waals surface area contributed by atoms with Crippen LogP contribution in [0.25, 0.3) is 0 Å². The molecule has 0 aliphatic rings. The van der Waals surface area contributed by atoms with Crippen LogP contribution in [0.15, 0.2) is 0 Å². The van der Waals surface area contributed by atoms with Crippen molar-refractivity contribution in [3.05, 3.63) is 0 Å². The highest BCUT2D eigenvalue weighted by Gasteiger charge is 2.19. The van der Waals surface area contributed by atoms with E-state index in [1.54, 1.807) is 0 Å². The van der Waals surface area contributed by atoms with Gasteiger partial charge in [0.1, 0.15) is 13.2 Å². The van der Waals surface area contributed by atoms with Crippen LogP contribution in [0.3, 0.4) is 0 Å². The van der Waals surface area contributed by atoms with Crippen LogP contribution in [0.2, 0.25) is 0 Å². The molecule has 6 heteroatoms. The number of esters is 3. The minimum absolute atomic E-state index is 0.0614. The van der Waals surface area contributed by atoms with Gasteiger partial charge in [0.25, 0.3) is 0 Å². The Morgan fingerprint density at radius 3 is 0.743 bits per heavy atom. The lowest BCUT2D eigenvalue weighted by atomic mass is 9.99. The number of hydrogen-bond acceptors (Lipinski definition) is 6. The van der Waals surface area contributed by atoms with Crippen LogP contribution in [-0.4, -0.2) is 37.2 Å². The Bertz CT molecular complexity index is 1060. The van der Waals surface area contributed by atoms with Crippen molar-refractivity contribution in [2.45, 2.75) is 374 Å². The number of unbranched alkanes of at least 4 members (excludes halogenated alkanes) is 45. The molecule has 0 radical (unpaired) electrons. The summed E-state index contributed by atoms with van der Waals surface area (Å²) in [5.41, 5.74) is 0. The van der Waals surface area contributed by atoms with Gasteiger partial charge in [0.05, 0.1) is 0 Å². The van der Waals surface area contributed by atoms with Crippen molar-refractivity contribution in [1.82, 2.24) is 0 Å². The average Bonchev–Trinajstić information content (AvgIpc) is 3.36. The Balaban J connectivity index is 4.18. The van der Waals surface area contributed by atoms with Gasteiger partial charge in [-0.05, 0) is 25.2 Å². The van der Waals surface area contributed by atoms with E-state index in [0.29, 0.717) is 19.3 Å². The van der Waals surface area contributed by atoms with Gasteiger partial charge in [0.15, 0.2) is 6.10 Å². The molecule has 0 saturated carbocycles. The van der Waals surface area contributed by atoms with Crippen LogP contribution >= 0.6 is 0 Å². The van der Waals surface area contributed by atoms with Crippen molar-refractivity contribution < 1.29 is 28.6 Å². The molecule has 0 aromatic rings. The molecule has 0 aliphatic heterocycles. The van der Waals surface area contributed by atoms with E-state index in [-0.39, 0.29) is 31.1 Å². The molecule has 0 N–H and O–H groups in total. The van der Waals surface area contributed by atoms with Gasteiger partial charge in [-0.1, -0.05) is 329 Å². The molecule has 0 rings (SSSR count). The van der Waals surface area contributed by atoms with Crippen molar-refractivity contribution in [3.8, 4) is 0 Å². The third-order valence-corrected chi connectivity index (χ3v) is 15.2. The molecule has 416 valence electrons. The van der Waals surface area contributed by atoms with Crippen LogP contribution in [0.1, 0.15) is 368 Å². The maximum absolute atomic E-state index is 12.8. The number of carbonyl (C=O) groups excluding carboxylic acids is 3. The fraction of sp³-hybridized carbons (Fsp3) is 0.953. The van der Waals surface area contributed by atoms with E-state index >= 15 is 0 Å². The van der Waals surface area contributed by atoms with E-state index in [1.165, 1.54) is 263 Å². The summed E-state index contributed by atoms with van der Waals surface area (Å²) in [6.45, 7) is 9.12. The number of hydrogen-bond donors (Lipinski definition) is 0. The molecule has 1 unspecified atom stereocenters. The van der Waals surface area contributed by atoms with Gasteiger partial charge < -0.3 is 14.2 Å². The molecule has 0 heterocycles. The average molecular weight is 990 g/mol. The summed E-state index contributed by atoms with van der Waals surface area (Å²) >= 11 is 0. The number of ether oxygens (including phenoxy) is 3. The second-order valence-corrected chi connectivity index (χ2v) is 22.3. The smallest absolute Gasteiger partial charge is 0.306 e. The molecule has 6 nitrogen and oxygen atoms in total. The summed E-state index contributed by atoms with van der Waals surface area (Å²) in [7, 11) is 0. The first-order chi connectivity index (χ1) is 34.4. The predicted octanol–water partition coefficient (Wildman–Crippen LogP) is 21.4. The molecule has 0 aromatic carbocycles. The van der Waals surface area contributed by atoms with Gasteiger partial charge in [0.2, 0.25) is 0 Å². The highest BCUT2D eigenvalue weighted by atomic mass is 16.6. The van der Waals surface area contributed by atoms with Crippen molar-refractivity contribution in [2.75, 3.05) is 13.2 Å². The third kappa shape index (κ3) is 55.7. The van der Waals surface area contributed by atoms with Crippen LogP contribution in [0, 0.1) is 5.92 Å². The minimum atomic E-state index is -0.762. The topological polar surface area (TPSA) is 78.9 Å². The monoisotopic (exact) mass is 989 g/mol. The number of rotatable bonds is 59. The van der Waals surface area contributed by atoms with Gasteiger partial charge in [-0.25, -0.2) is 0 Å². The summed E-state index contributed by atoms with van der Waals surface area (Å²) in [4.78, 5) is 38.2. The molecule has 0 amide bonds. The van der Waals surface area contributed by atoms with Crippen molar-refractivity contribution in [3.63, 3.8) is 0 Å². The van der Waals surface area contributed by atoms with Crippen LogP contribution in [0.5, 0.6) is 0 Å². The first-order valence-corrected chi connectivity index (χ1v) is 31.9. The maximum atomic E-state index is 12.8. The first-order valence-electron chi connectivity index (χ1n) is 31.9. The van der Waals surface area contributed by atoms with E-state index in [0.717, 1.165) is 63.7 Å². The zero-order valence-electron chi connectivity index (χ0n) is 48.0. The van der Waals surface area contributed by atoms with Gasteiger partial charge in [-0.15, -0.1) is 0 Å². The van der Waals surface area contributed by atoms with E-state index in [9.17, 15) is 14.4 Å². The lowest BCUT2D eigenvalue weighted by Crippen LogP contribution is -2.30. The number of carbonyl (C=O) groups is 3. The zero-order chi connectivity index (χ0) is 50.9. The highest BCUT2D eigenvalue weighted by molar-refractivity contribution is 5.71. The molecule has 0 bridgehead atoms. The Hall–Kier alpha value is -1.59. The molecule has 0 saturated heterocycles. The summed E-state index contributed by atoms with van der Waals surface area (Å²) in [6.07, 6.45) is 65.3. The molecular formula is C64H124O6. The Morgan fingerprint density at radius 1 is 0.286 bits per heavy atom. The molecule has 0 aliphatic carbocycles.